The minimum atomic E-state index is -0.348. The zero-order valence-electron chi connectivity index (χ0n) is 14.8. The molecule has 0 spiro atoms. The van der Waals surface area contributed by atoms with Gasteiger partial charge in [-0.25, -0.2) is 0 Å². The van der Waals surface area contributed by atoms with Crippen molar-refractivity contribution in [2.75, 3.05) is 13.1 Å². The van der Waals surface area contributed by atoms with E-state index >= 15 is 0 Å². The van der Waals surface area contributed by atoms with Gasteiger partial charge in [0.05, 0.1) is 17.2 Å². The molecule has 27 heavy (non-hydrogen) atoms. The largest absolute Gasteiger partial charge is 0.504 e. The second kappa shape index (κ2) is 7.06. The summed E-state index contributed by atoms with van der Waals surface area (Å²) in [4.78, 5) is 14.6. The number of aromatic hydroxyl groups is 2. The fraction of sp³-hybridized carbons (Fsp3) is 0.286. The van der Waals surface area contributed by atoms with Gasteiger partial charge in [0.1, 0.15) is 5.76 Å². The maximum Gasteiger partial charge on any atom is 0.202 e. The summed E-state index contributed by atoms with van der Waals surface area (Å²) in [5.74, 6) is -0.242. The van der Waals surface area contributed by atoms with E-state index in [4.69, 9.17) is 4.42 Å². The fourth-order valence-electron chi connectivity index (χ4n) is 3.53. The summed E-state index contributed by atoms with van der Waals surface area (Å²) in [6.07, 6.45) is 1.03. The van der Waals surface area contributed by atoms with Crippen molar-refractivity contribution in [3.63, 3.8) is 0 Å². The first-order valence-corrected chi connectivity index (χ1v) is 9.01. The minimum absolute atomic E-state index is 0.126. The predicted molar refractivity (Wildman–Crippen MR) is 101 cm³/mol. The highest BCUT2D eigenvalue weighted by atomic mass is 16.4. The topological polar surface area (TPSA) is 94.1 Å². The van der Waals surface area contributed by atoms with Crippen LogP contribution in [0.2, 0.25) is 0 Å². The molecule has 0 atom stereocenters. The van der Waals surface area contributed by atoms with Gasteiger partial charge in [-0.3, -0.25) is 9.69 Å². The zero-order valence-corrected chi connectivity index (χ0v) is 14.8. The Bertz CT molecular complexity index is 974. The third-order valence-corrected chi connectivity index (χ3v) is 5.09. The van der Waals surface area contributed by atoms with Crippen LogP contribution in [-0.4, -0.2) is 39.4 Å². The number of hydrogen-bond donors (Lipinski definition) is 3. The van der Waals surface area contributed by atoms with Crippen molar-refractivity contribution < 1.29 is 19.7 Å². The Morgan fingerprint density at radius 2 is 1.67 bits per heavy atom. The summed E-state index contributed by atoms with van der Waals surface area (Å²) in [6.45, 7) is 1.74. The van der Waals surface area contributed by atoms with E-state index < -0.39 is 0 Å². The molecule has 1 saturated heterocycles. The third-order valence-electron chi connectivity index (χ3n) is 5.09. The Balaban J connectivity index is 1.83. The molecule has 1 aromatic carbocycles. The van der Waals surface area contributed by atoms with Crippen molar-refractivity contribution in [1.82, 2.24) is 4.90 Å². The van der Waals surface area contributed by atoms with Crippen LogP contribution in [-0.2, 0) is 6.54 Å². The lowest BCUT2D eigenvalue weighted by Crippen LogP contribution is -2.36. The fourth-order valence-corrected chi connectivity index (χ4v) is 3.53. The number of aliphatic hydroxyl groups is 1. The van der Waals surface area contributed by atoms with Crippen LogP contribution in [0.4, 0.5) is 0 Å². The Morgan fingerprint density at radius 3 is 2.37 bits per heavy atom. The smallest absolute Gasteiger partial charge is 0.202 e. The van der Waals surface area contributed by atoms with Crippen molar-refractivity contribution in [3.8, 4) is 34.1 Å². The van der Waals surface area contributed by atoms with Crippen molar-refractivity contribution >= 4 is 0 Å². The van der Waals surface area contributed by atoms with Crippen LogP contribution in [0.5, 0.6) is 11.5 Å². The number of likely N-dealkylation sites (tertiary alicyclic amines) is 1. The van der Waals surface area contributed by atoms with Gasteiger partial charge in [0.2, 0.25) is 5.75 Å². The minimum Gasteiger partial charge on any atom is -0.504 e. The van der Waals surface area contributed by atoms with Crippen molar-refractivity contribution in [3.05, 3.63) is 58.3 Å². The van der Waals surface area contributed by atoms with E-state index in [2.05, 4.69) is 4.90 Å². The molecule has 3 N–H and O–H groups in total. The van der Waals surface area contributed by atoms with Crippen LogP contribution in [0.15, 0.2) is 51.7 Å². The lowest BCUT2D eigenvalue weighted by atomic mass is 10.00. The predicted octanol–water partition coefficient (Wildman–Crippen LogP) is 2.78. The van der Waals surface area contributed by atoms with Gasteiger partial charge in [-0.05, 0) is 25.0 Å². The van der Waals surface area contributed by atoms with E-state index in [1.165, 1.54) is 12.1 Å². The highest BCUT2D eigenvalue weighted by Gasteiger charge is 2.26. The molecule has 4 rings (SSSR count). The summed E-state index contributed by atoms with van der Waals surface area (Å²) in [5.41, 5.74) is 1.17. The van der Waals surface area contributed by atoms with Crippen molar-refractivity contribution in [2.45, 2.75) is 25.5 Å². The summed E-state index contributed by atoms with van der Waals surface area (Å²) in [6, 6.07) is 11.8. The Hall–Kier alpha value is -2.83. The molecule has 0 unspecified atom stereocenters. The monoisotopic (exact) mass is 367 g/mol. The molecule has 3 aliphatic rings. The van der Waals surface area contributed by atoms with Crippen LogP contribution < -0.4 is 5.43 Å². The molecule has 2 heterocycles. The van der Waals surface area contributed by atoms with Gasteiger partial charge >= 0.3 is 0 Å². The van der Waals surface area contributed by atoms with E-state index in [9.17, 15) is 20.1 Å². The average molecular weight is 367 g/mol. The Labute approximate surface area is 156 Å². The second-order valence-corrected chi connectivity index (χ2v) is 6.92. The molecule has 0 aromatic heterocycles. The van der Waals surface area contributed by atoms with Crippen LogP contribution in [0.25, 0.3) is 22.6 Å². The molecule has 1 aromatic rings. The van der Waals surface area contributed by atoms with Gasteiger partial charge in [0.25, 0.3) is 0 Å². The summed E-state index contributed by atoms with van der Waals surface area (Å²) in [7, 11) is 0. The first-order chi connectivity index (χ1) is 13.0. The summed E-state index contributed by atoms with van der Waals surface area (Å²) >= 11 is 0. The van der Waals surface area contributed by atoms with Gasteiger partial charge in [0.15, 0.2) is 16.9 Å². The van der Waals surface area contributed by atoms with E-state index in [-0.39, 0.29) is 34.6 Å². The van der Waals surface area contributed by atoms with Gasteiger partial charge in [-0.1, -0.05) is 30.3 Å². The molecular formula is C21H21NO5. The number of fused-ring (bicyclic) bond motifs is 1. The maximum atomic E-state index is 12.5. The highest BCUT2D eigenvalue weighted by molar-refractivity contribution is 5.79. The van der Waals surface area contributed by atoms with Gasteiger partial charge in [-0.2, -0.15) is 0 Å². The molecule has 0 bridgehead atoms. The first kappa shape index (κ1) is 17.6. The van der Waals surface area contributed by atoms with Gasteiger partial charge in [0, 0.05) is 25.2 Å². The van der Waals surface area contributed by atoms with Crippen LogP contribution >= 0.6 is 0 Å². The van der Waals surface area contributed by atoms with Gasteiger partial charge < -0.3 is 19.7 Å². The molecule has 1 aliphatic carbocycles. The van der Waals surface area contributed by atoms with Crippen molar-refractivity contribution in [1.29, 1.82) is 0 Å². The molecule has 1 fully saturated rings. The molecule has 0 saturated carbocycles. The number of piperidine rings is 1. The van der Waals surface area contributed by atoms with E-state index in [0.717, 1.165) is 0 Å². The number of nitrogens with zero attached hydrogens (tertiary/aromatic N) is 1. The standard InChI is InChI=1S/C21H21NO5/c23-14-8-10-22(11-9-14)12-16-17(24)7-6-15-18(25)19(26)20(27-21(15)16)13-4-2-1-3-5-13/h1-7,14,23,25-26H,8-12H2. The molecule has 6 nitrogen and oxygen atoms in total. The highest BCUT2D eigenvalue weighted by Crippen LogP contribution is 2.46. The van der Waals surface area contributed by atoms with E-state index in [1.807, 2.05) is 6.07 Å². The van der Waals surface area contributed by atoms with Crippen LogP contribution in [0, 0.1) is 0 Å². The Morgan fingerprint density at radius 1 is 0.963 bits per heavy atom. The van der Waals surface area contributed by atoms with Crippen LogP contribution in [0.1, 0.15) is 18.4 Å². The number of aliphatic hydroxyl groups excluding tert-OH is 1. The normalized spacial score (nSPS) is 16.0. The SMILES string of the molecule is O=c1ccc2c(O)c(O)c(-c3ccccc3)oc-2c1CN1CCC(O)CC1. The Kier molecular flexibility index (Phi) is 4.59. The molecule has 140 valence electrons. The van der Waals surface area contributed by atoms with Crippen LogP contribution in [0.3, 0.4) is 0 Å². The number of rotatable bonds is 3. The second-order valence-electron chi connectivity index (χ2n) is 6.92. The summed E-state index contributed by atoms with van der Waals surface area (Å²) < 4.78 is 5.95. The number of hydrogen-bond acceptors (Lipinski definition) is 6. The number of benzene rings is 2. The van der Waals surface area contributed by atoms with E-state index in [0.29, 0.717) is 49.2 Å². The lowest BCUT2D eigenvalue weighted by molar-refractivity contribution is 0.0790. The molecule has 2 aliphatic heterocycles. The quantitative estimate of drug-likeness (QED) is 0.659. The van der Waals surface area contributed by atoms with Crippen molar-refractivity contribution in [2.24, 2.45) is 0 Å². The molecule has 6 heteroatoms. The zero-order chi connectivity index (χ0) is 19.0. The lowest BCUT2D eigenvalue weighted by Gasteiger charge is -2.29. The molecule has 0 amide bonds. The molecule has 0 radical (unpaired) electrons. The maximum absolute atomic E-state index is 12.5. The first-order valence-electron chi connectivity index (χ1n) is 9.01. The summed E-state index contributed by atoms with van der Waals surface area (Å²) in [5, 5.41) is 30.6. The van der Waals surface area contributed by atoms with E-state index in [1.54, 1.807) is 24.3 Å². The molecular weight excluding hydrogens is 346 g/mol. The average Bonchev–Trinajstić information content (AvgIpc) is 2.69. The van der Waals surface area contributed by atoms with Gasteiger partial charge in [-0.15, -0.1) is 0 Å². The third kappa shape index (κ3) is 3.29.